The summed E-state index contributed by atoms with van der Waals surface area (Å²) in [6, 6.07) is 0. The summed E-state index contributed by atoms with van der Waals surface area (Å²) < 4.78 is 0. The lowest BCUT2D eigenvalue weighted by Crippen LogP contribution is -2.60. The van der Waals surface area contributed by atoms with Crippen molar-refractivity contribution in [2.45, 2.75) is 52.1 Å². The molecule has 4 heteroatoms. The van der Waals surface area contributed by atoms with E-state index in [2.05, 4.69) is 35.2 Å². The molecule has 2 aliphatic rings. The number of nitrogens with one attached hydrogen (secondary N) is 3. The van der Waals surface area contributed by atoms with Gasteiger partial charge in [-0.3, -0.25) is 10.9 Å². The van der Waals surface area contributed by atoms with Crippen molar-refractivity contribution in [1.29, 1.82) is 0 Å². The molecule has 1 saturated heterocycles. The van der Waals surface area contributed by atoms with E-state index in [1.807, 2.05) is 6.21 Å². The van der Waals surface area contributed by atoms with Crippen molar-refractivity contribution in [3.8, 4) is 0 Å². The van der Waals surface area contributed by atoms with Crippen LogP contribution in [-0.4, -0.2) is 18.9 Å². The normalized spacial score (nSPS) is 35.5. The highest BCUT2D eigenvalue weighted by molar-refractivity contribution is 5.59. The van der Waals surface area contributed by atoms with E-state index in [1.165, 1.54) is 25.7 Å². The Bertz CT molecular complexity index is 252. The van der Waals surface area contributed by atoms with E-state index in [0.717, 1.165) is 24.8 Å². The van der Waals surface area contributed by atoms with Crippen molar-refractivity contribution in [2.24, 2.45) is 22.9 Å². The van der Waals surface area contributed by atoms with E-state index in [1.54, 1.807) is 0 Å². The van der Waals surface area contributed by atoms with E-state index in [9.17, 15) is 0 Å². The van der Waals surface area contributed by atoms with Crippen molar-refractivity contribution in [2.75, 3.05) is 6.54 Å². The molecule has 3 N–H and O–H groups in total. The van der Waals surface area contributed by atoms with Crippen molar-refractivity contribution >= 4 is 6.21 Å². The Hall–Kier alpha value is -0.610. The Balaban J connectivity index is 1.84. The summed E-state index contributed by atoms with van der Waals surface area (Å²) in [7, 11) is 0. The van der Waals surface area contributed by atoms with Gasteiger partial charge in [0.25, 0.3) is 0 Å². The van der Waals surface area contributed by atoms with Gasteiger partial charge in [-0.2, -0.15) is 5.10 Å². The molecule has 0 spiro atoms. The standard InChI is InChI=1S/C13H26N4/c1-3-10(2)8-14-16-13-12-7-5-4-6-11(12)9-15-17-13/h8,10-13,15-17H,3-7,9H2,1-2H3/b14-8-. The quantitative estimate of drug-likeness (QED) is 0.517. The second-order valence-electron chi connectivity index (χ2n) is 5.50. The zero-order valence-corrected chi connectivity index (χ0v) is 11.1. The maximum atomic E-state index is 4.38. The van der Waals surface area contributed by atoms with Crippen LogP contribution in [0.15, 0.2) is 5.10 Å². The first-order chi connectivity index (χ1) is 8.31. The van der Waals surface area contributed by atoms with Gasteiger partial charge in [-0.1, -0.05) is 26.7 Å². The molecule has 1 saturated carbocycles. The highest BCUT2D eigenvalue weighted by atomic mass is 15.5. The van der Waals surface area contributed by atoms with Crippen LogP contribution in [0.3, 0.4) is 0 Å². The largest absolute Gasteiger partial charge is 0.292 e. The van der Waals surface area contributed by atoms with Crippen molar-refractivity contribution in [3.63, 3.8) is 0 Å². The van der Waals surface area contributed by atoms with Crippen LogP contribution in [0, 0.1) is 17.8 Å². The van der Waals surface area contributed by atoms with Gasteiger partial charge in [0.1, 0.15) is 6.17 Å². The second-order valence-corrected chi connectivity index (χ2v) is 5.50. The molecule has 0 aromatic heterocycles. The lowest BCUT2D eigenvalue weighted by Gasteiger charge is -2.41. The Morgan fingerprint density at radius 2 is 2.24 bits per heavy atom. The van der Waals surface area contributed by atoms with E-state index in [-0.39, 0.29) is 0 Å². The minimum Gasteiger partial charge on any atom is -0.292 e. The van der Waals surface area contributed by atoms with Crippen LogP contribution in [0.4, 0.5) is 0 Å². The molecule has 4 nitrogen and oxygen atoms in total. The number of hydrogen-bond donors (Lipinski definition) is 3. The molecular weight excluding hydrogens is 212 g/mol. The smallest absolute Gasteiger partial charge is 0.109 e. The predicted molar refractivity (Wildman–Crippen MR) is 71.5 cm³/mol. The monoisotopic (exact) mass is 238 g/mol. The first-order valence-electron chi connectivity index (χ1n) is 7.08. The van der Waals surface area contributed by atoms with Crippen molar-refractivity contribution in [1.82, 2.24) is 16.3 Å². The van der Waals surface area contributed by atoms with Crippen LogP contribution in [0.1, 0.15) is 46.0 Å². The Morgan fingerprint density at radius 1 is 1.41 bits per heavy atom. The first-order valence-corrected chi connectivity index (χ1v) is 7.08. The number of hydrazone groups is 1. The van der Waals surface area contributed by atoms with Crippen LogP contribution < -0.4 is 16.3 Å². The molecule has 17 heavy (non-hydrogen) atoms. The van der Waals surface area contributed by atoms with E-state index in [4.69, 9.17) is 0 Å². The Kier molecular flexibility index (Phi) is 4.80. The fourth-order valence-electron chi connectivity index (χ4n) is 2.82. The fraction of sp³-hybridized carbons (Fsp3) is 0.923. The molecule has 2 rings (SSSR count). The van der Waals surface area contributed by atoms with Gasteiger partial charge in [0.05, 0.1) is 0 Å². The number of fused-ring (bicyclic) bond motifs is 1. The van der Waals surface area contributed by atoms with E-state index < -0.39 is 0 Å². The van der Waals surface area contributed by atoms with Gasteiger partial charge in [0, 0.05) is 12.8 Å². The number of hydrogen-bond acceptors (Lipinski definition) is 4. The molecule has 0 aromatic rings. The predicted octanol–water partition coefficient (Wildman–Crippen LogP) is 1.85. The minimum atomic E-state index is 0.300. The fourth-order valence-corrected chi connectivity index (χ4v) is 2.82. The lowest BCUT2D eigenvalue weighted by molar-refractivity contribution is 0.0996. The third-order valence-electron chi connectivity index (χ3n) is 4.20. The summed E-state index contributed by atoms with van der Waals surface area (Å²) in [5.74, 6) is 2.11. The molecule has 1 aliphatic heterocycles. The summed E-state index contributed by atoms with van der Waals surface area (Å²) in [5, 5.41) is 4.38. The number of rotatable bonds is 4. The molecule has 0 bridgehead atoms. The van der Waals surface area contributed by atoms with Gasteiger partial charge in [0.15, 0.2) is 0 Å². The van der Waals surface area contributed by atoms with Gasteiger partial charge in [-0.05, 0) is 37.0 Å². The highest BCUT2D eigenvalue weighted by Gasteiger charge is 2.34. The van der Waals surface area contributed by atoms with Crippen molar-refractivity contribution in [3.05, 3.63) is 0 Å². The zero-order valence-electron chi connectivity index (χ0n) is 11.1. The van der Waals surface area contributed by atoms with Crippen molar-refractivity contribution < 1.29 is 0 Å². The van der Waals surface area contributed by atoms with Gasteiger partial charge in [0.2, 0.25) is 0 Å². The zero-order chi connectivity index (χ0) is 12.1. The maximum Gasteiger partial charge on any atom is 0.109 e. The van der Waals surface area contributed by atoms with Crippen LogP contribution in [0.25, 0.3) is 0 Å². The first kappa shape index (κ1) is 12.8. The Morgan fingerprint density at radius 3 is 3.06 bits per heavy atom. The summed E-state index contributed by atoms with van der Waals surface area (Å²) in [6.45, 7) is 5.49. The van der Waals surface area contributed by atoms with Crippen LogP contribution in [-0.2, 0) is 0 Å². The molecule has 98 valence electrons. The minimum absolute atomic E-state index is 0.300. The van der Waals surface area contributed by atoms with Gasteiger partial charge >= 0.3 is 0 Å². The maximum absolute atomic E-state index is 4.38. The SMILES string of the molecule is CCC(C)/C=N\NC1NNCC2CCCCC21. The molecule has 4 atom stereocenters. The highest BCUT2D eigenvalue weighted by Crippen LogP contribution is 2.32. The topological polar surface area (TPSA) is 48.5 Å². The number of hydrazine groups is 1. The molecule has 1 aliphatic carbocycles. The third kappa shape index (κ3) is 3.42. The summed E-state index contributed by atoms with van der Waals surface area (Å²) in [4.78, 5) is 0. The van der Waals surface area contributed by atoms with Crippen LogP contribution in [0.2, 0.25) is 0 Å². The molecule has 4 unspecified atom stereocenters. The number of nitrogens with zero attached hydrogens (tertiary/aromatic N) is 1. The Labute approximate surface area is 105 Å². The summed E-state index contributed by atoms with van der Waals surface area (Å²) in [6.07, 6.45) is 8.93. The molecular formula is C13H26N4. The van der Waals surface area contributed by atoms with Gasteiger partial charge < -0.3 is 0 Å². The summed E-state index contributed by atoms with van der Waals surface area (Å²) >= 11 is 0. The lowest BCUT2D eigenvalue weighted by atomic mass is 9.77. The molecule has 0 radical (unpaired) electrons. The third-order valence-corrected chi connectivity index (χ3v) is 4.20. The van der Waals surface area contributed by atoms with E-state index >= 15 is 0 Å². The van der Waals surface area contributed by atoms with Crippen LogP contribution in [0.5, 0.6) is 0 Å². The molecule has 0 aromatic carbocycles. The summed E-state index contributed by atoms with van der Waals surface area (Å²) in [5.41, 5.74) is 9.92. The average molecular weight is 238 g/mol. The average Bonchev–Trinajstić information content (AvgIpc) is 2.39. The van der Waals surface area contributed by atoms with Crippen LogP contribution >= 0.6 is 0 Å². The molecule has 0 amide bonds. The van der Waals surface area contributed by atoms with Gasteiger partial charge in [-0.25, -0.2) is 5.43 Å². The molecule has 1 heterocycles. The van der Waals surface area contributed by atoms with Gasteiger partial charge in [-0.15, -0.1) is 0 Å². The second kappa shape index (κ2) is 6.36. The molecule has 2 fully saturated rings. The van der Waals surface area contributed by atoms with E-state index in [0.29, 0.717) is 12.1 Å².